The summed E-state index contributed by atoms with van der Waals surface area (Å²) < 4.78 is 1.93. The van der Waals surface area contributed by atoms with Gasteiger partial charge in [-0.25, -0.2) is 4.98 Å². The first-order valence-corrected chi connectivity index (χ1v) is 8.14. The molecule has 128 valence electrons. The number of fused-ring (bicyclic) bond motifs is 1. The third-order valence-corrected chi connectivity index (χ3v) is 3.92. The Bertz CT molecular complexity index is 887. The lowest BCUT2D eigenvalue weighted by Crippen LogP contribution is -2.16. The zero-order valence-corrected chi connectivity index (χ0v) is 13.7. The lowest BCUT2D eigenvalue weighted by Gasteiger charge is -2.09. The SMILES string of the molecule is O=C(O)CCc1nc2ccccc2n1CCC(=O)Nc1ccccc1. The predicted octanol–water partition coefficient (Wildman–Crippen LogP) is 3.08. The Morgan fingerprint density at radius 3 is 2.48 bits per heavy atom. The van der Waals surface area contributed by atoms with E-state index in [1.54, 1.807) is 0 Å². The zero-order valence-electron chi connectivity index (χ0n) is 13.7. The summed E-state index contributed by atoms with van der Waals surface area (Å²) >= 11 is 0. The van der Waals surface area contributed by atoms with Crippen molar-refractivity contribution >= 4 is 28.6 Å². The zero-order chi connectivity index (χ0) is 17.6. The minimum absolute atomic E-state index is 0.0134. The summed E-state index contributed by atoms with van der Waals surface area (Å²) in [5, 5.41) is 11.8. The van der Waals surface area contributed by atoms with Crippen LogP contribution in [0.2, 0.25) is 0 Å². The standard InChI is InChI=1S/C19H19N3O3/c23-18(20-14-6-2-1-3-7-14)12-13-22-16-9-5-4-8-15(16)21-17(22)10-11-19(24)25/h1-9H,10-13H2,(H,20,23)(H,24,25). The van der Waals surface area contributed by atoms with E-state index in [-0.39, 0.29) is 18.7 Å². The van der Waals surface area contributed by atoms with Crippen LogP contribution in [0.5, 0.6) is 0 Å². The topological polar surface area (TPSA) is 84.2 Å². The average Bonchev–Trinajstić information content (AvgIpc) is 2.96. The van der Waals surface area contributed by atoms with Crippen LogP contribution in [0, 0.1) is 0 Å². The van der Waals surface area contributed by atoms with Gasteiger partial charge in [0.1, 0.15) is 5.82 Å². The quantitative estimate of drug-likeness (QED) is 0.694. The number of benzene rings is 2. The molecule has 6 heteroatoms. The van der Waals surface area contributed by atoms with Gasteiger partial charge in [0.2, 0.25) is 5.91 Å². The second-order valence-corrected chi connectivity index (χ2v) is 5.73. The van der Waals surface area contributed by atoms with Crippen LogP contribution >= 0.6 is 0 Å². The molecular formula is C19H19N3O3. The van der Waals surface area contributed by atoms with Crippen molar-refractivity contribution in [2.24, 2.45) is 0 Å². The molecule has 0 aliphatic rings. The minimum atomic E-state index is -0.861. The van der Waals surface area contributed by atoms with Crippen LogP contribution in [-0.2, 0) is 22.6 Å². The van der Waals surface area contributed by atoms with E-state index in [4.69, 9.17) is 5.11 Å². The molecule has 0 aliphatic carbocycles. The van der Waals surface area contributed by atoms with Crippen molar-refractivity contribution in [2.75, 3.05) is 5.32 Å². The highest BCUT2D eigenvalue weighted by molar-refractivity contribution is 5.90. The summed E-state index contributed by atoms with van der Waals surface area (Å²) in [5.74, 6) is -0.260. The first-order valence-electron chi connectivity index (χ1n) is 8.14. The normalized spacial score (nSPS) is 10.7. The fourth-order valence-corrected chi connectivity index (χ4v) is 2.74. The highest BCUT2D eigenvalue weighted by Gasteiger charge is 2.13. The number of hydrogen-bond donors (Lipinski definition) is 2. The van der Waals surface area contributed by atoms with Gasteiger partial charge in [0.25, 0.3) is 0 Å². The van der Waals surface area contributed by atoms with E-state index in [2.05, 4.69) is 10.3 Å². The molecule has 0 aliphatic heterocycles. The van der Waals surface area contributed by atoms with Crippen LogP contribution in [0.3, 0.4) is 0 Å². The molecule has 2 aromatic carbocycles. The Labute approximate surface area is 145 Å². The number of rotatable bonds is 7. The summed E-state index contributed by atoms with van der Waals surface area (Å²) in [6.45, 7) is 0.453. The van der Waals surface area contributed by atoms with E-state index < -0.39 is 5.97 Å². The Balaban J connectivity index is 1.74. The van der Waals surface area contributed by atoms with Gasteiger partial charge >= 0.3 is 5.97 Å². The fraction of sp³-hybridized carbons (Fsp3) is 0.211. The van der Waals surface area contributed by atoms with Crippen molar-refractivity contribution in [2.45, 2.75) is 25.8 Å². The number of carboxylic acid groups (broad SMARTS) is 1. The van der Waals surface area contributed by atoms with E-state index >= 15 is 0 Å². The molecule has 6 nitrogen and oxygen atoms in total. The van der Waals surface area contributed by atoms with Crippen LogP contribution < -0.4 is 5.32 Å². The van der Waals surface area contributed by atoms with E-state index in [1.165, 1.54) is 0 Å². The Hall–Kier alpha value is -3.15. The van der Waals surface area contributed by atoms with E-state index in [9.17, 15) is 9.59 Å². The van der Waals surface area contributed by atoms with E-state index in [1.807, 2.05) is 59.2 Å². The van der Waals surface area contributed by atoms with Crippen LogP contribution in [0.15, 0.2) is 54.6 Å². The Morgan fingerprint density at radius 2 is 1.72 bits per heavy atom. The number of carbonyl (C=O) groups excluding carboxylic acids is 1. The molecule has 0 unspecified atom stereocenters. The maximum absolute atomic E-state index is 12.2. The summed E-state index contributed by atoms with van der Waals surface area (Å²) in [4.78, 5) is 27.6. The highest BCUT2D eigenvalue weighted by atomic mass is 16.4. The lowest BCUT2D eigenvalue weighted by molar-refractivity contribution is -0.137. The highest BCUT2D eigenvalue weighted by Crippen LogP contribution is 2.18. The van der Waals surface area contributed by atoms with Gasteiger partial charge in [0.05, 0.1) is 17.5 Å². The Kier molecular flexibility index (Phi) is 5.09. The number of imidazole rings is 1. The number of aryl methyl sites for hydroxylation is 2. The smallest absolute Gasteiger partial charge is 0.303 e. The summed E-state index contributed by atoms with van der Waals surface area (Å²) in [6, 6.07) is 16.9. The number of carbonyl (C=O) groups is 2. The number of carboxylic acids is 1. The molecule has 0 saturated carbocycles. The molecule has 2 N–H and O–H groups in total. The lowest BCUT2D eigenvalue weighted by atomic mass is 10.2. The van der Waals surface area contributed by atoms with Crippen LogP contribution in [-0.4, -0.2) is 26.5 Å². The first kappa shape index (κ1) is 16.7. The third-order valence-electron chi connectivity index (χ3n) is 3.92. The number of hydrogen-bond acceptors (Lipinski definition) is 3. The molecule has 0 radical (unpaired) electrons. The molecule has 0 saturated heterocycles. The van der Waals surface area contributed by atoms with Crippen LogP contribution in [0.25, 0.3) is 11.0 Å². The monoisotopic (exact) mass is 337 g/mol. The molecule has 1 aromatic heterocycles. The van der Waals surface area contributed by atoms with E-state index in [0.717, 1.165) is 16.7 Å². The van der Waals surface area contributed by atoms with Crippen molar-refractivity contribution < 1.29 is 14.7 Å². The van der Waals surface area contributed by atoms with Gasteiger partial charge in [-0.1, -0.05) is 30.3 Å². The van der Waals surface area contributed by atoms with Crippen molar-refractivity contribution in [3.05, 3.63) is 60.4 Å². The van der Waals surface area contributed by atoms with Crippen molar-refractivity contribution in [1.82, 2.24) is 9.55 Å². The van der Waals surface area contributed by atoms with Crippen LogP contribution in [0.1, 0.15) is 18.7 Å². The summed E-state index contributed by atoms with van der Waals surface area (Å²) in [5.41, 5.74) is 2.48. The molecule has 1 heterocycles. The molecule has 0 atom stereocenters. The van der Waals surface area contributed by atoms with Gasteiger partial charge in [-0.3, -0.25) is 9.59 Å². The second kappa shape index (κ2) is 7.61. The van der Waals surface area contributed by atoms with Gasteiger partial charge in [-0.15, -0.1) is 0 Å². The molecule has 0 bridgehead atoms. The Morgan fingerprint density at radius 1 is 1.00 bits per heavy atom. The predicted molar refractivity (Wildman–Crippen MR) is 95.4 cm³/mol. The number of anilines is 1. The van der Waals surface area contributed by atoms with Crippen molar-refractivity contribution in [3.63, 3.8) is 0 Å². The van der Waals surface area contributed by atoms with E-state index in [0.29, 0.717) is 18.8 Å². The number of para-hydroxylation sites is 3. The molecule has 3 rings (SSSR count). The molecule has 25 heavy (non-hydrogen) atoms. The van der Waals surface area contributed by atoms with Gasteiger partial charge in [-0.05, 0) is 24.3 Å². The summed E-state index contributed by atoms with van der Waals surface area (Å²) in [6.07, 6.45) is 0.638. The van der Waals surface area contributed by atoms with Crippen molar-refractivity contribution in [1.29, 1.82) is 0 Å². The van der Waals surface area contributed by atoms with Gasteiger partial charge < -0.3 is 15.0 Å². The molecule has 3 aromatic rings. The molecular weight excluding hydrogens is 318 g/mol. The minimum Gasteiger partial charge on any atom is -0.481 e. The number of nitrogens with one attached hydrogen (secondary N) is 1. The molecule has 0 fully saturated rings. The van der Waals surface area contributed by atoms with Gasteiger partial charge in [0, 0.05) is 25.1 Å². The average molecular weight is 337 g/mol. The van der Waals surface area contributed by atoms with Crippen LogP contribution in [0.4, 0.5) is 5.69 Å². The number of amides is 1. The van der Waals surface area contributed by atoms with Gasteiger partial charge in [0.15, 0.2) is 0 Å². The number of aromatic nitrogens is 2. The maximum atomic E-state index is 12.2. The van der Waals surface area contributed by atoms with Crippen molar-refractivity contribution in [3.8, 4) is 0 Å². The largest absolute Gasteiger partial charge is 0.481 e. The fourth-order valence-electron chi connectivity index (χ4n) is 2.74. The summed E-state index contributed by atoms with van der Waals surface area (Å²) in [7, 11) is 0. The number of aliphatic carboxylic acids is 1. The second-order valence-electron chi connectivity index (χ2n) is 5.73. The molecule has 0 spiro atoms. The van der Waals surface area contributed by atoms with Gasteiger partial charge in [-0.2, -0.15) is 0 Å². The molecule has 1 amide bonds. The number of nitrogens with zero attached hydrogens (tertiary/aromatic N) is 2. The maximum Gasteiger partial charge on any atom is 0.303 e. The third kappa shape index (κ3) is 4.23. The first-order chi connectivity index (χ1) is 12.1.